The van der Waals surface area contributed by atoms with Gasteiger partial charge in [-0.3, -0.25) is 4.79 Å². The summed E-state index contributed by atoms with van der Waals surface area (Å²) >= 11 is 0. The Morgan fingerprint density at radius 2 is 1.89 bits per heavy atom. The SMILES string of the molecule is CCN(C(=O)c1cc2ccccc2[nH]1)[C@H]1CCC[C@H](NCc2ccccc2)C1. The highest BCUT2D eigenvalue weighted by molar-refractivity contribution is 5.98. The molecule has 0 spiro atoms. The fourth-order valence-electron chi connectivity index (χ4n) is 4.40. The smallest absolute Gasteiger partial charge is 0.270 e. The summed E-state index contributed by atoms with van der Waals surface area (Å²) in [5.41, 5.74) is 3.03. The molecule has 0 aliphatic heterocycles. The zero-order valence-electron chi connectivity index (χ0n) is 16.5. The van der Waals surface area contributed by atoms with Gasteiger partial charge in [0.05, 0.1) is 0 Å². The summed E-state index contributed by atoms with van der Waals surface area (Å²) in [6.45, 7) is 3.71. The van der Waals surface area contributed by atoms with Crippen molar-refractivity contribution >= 4 is 16.8 Å². The topological polar surface area (TPSA) is 48.1 Å². The maximum absolute atomic E-state index is 13.2. The predicted molar refractivity (Wildman–Crippen MR) is 114 cm³/mol. The van der Waals surface area contributed by atoms with E-state index in [2.05, 4.69) is 52.5 Å². The van der Waals surface area contributed by atoms with Crippen LogP contribution >= 0.6 is 0 Å². The average molecular weight is 376 g/mol. The van der Waals surface area contributed by atoms with E-state index in [1.165, 1.54) is 12.0 Å². The standard InChI is InChI=1S/C24H29N3O/c1-2-27(24(28)23-15-19-11-6-7-14-22(19)26-23)21-13-8-12-20(16-21)25-17-18-9-4-3-5-10-18/h3-7,9-11,14-15,20-21,25-26H,2,8,12-13,16-17H2,1H3/t20-,21-/m0/s1. The van der Waals surface area contributed by atoms with E-state index in [1.54, 1.807) is 0 Å². The molecule has 28 heavy (non-hydrogen) atoms. The van der Waals surface area contributed by atoms with Crippen LogP contribution in [0.4, 0.5) is 0 Å². The lowest BCUT2D eigenvalue weighted by Gasteiger charge is -2.37. The minimum absolute atomic E-state index is 0.118. The normalized spacial score (nSPS) is 19.6. The van der Waals surface area contributed by atoms with Gasteiger partial charge in [0.15, 0.2) is 0 Å². The fourth-order valence-corrected chi connectivity index (χ4v) is 4.40. The Balaban J connectivity index is 1.42. The maximum Gasteiger partial charge on any atom is 0.270 e. The molecule has 4 nitrogen and oxygen atoms in total. The summed E-state index contributed by atoms with van der Waals surface area (Å²) in [7, 11) is 0. The molecule has 2 atom stereocenters. The number of nitrogens with zero attached hydrogens (tertiary/aromatic N) is 1. The van der Waals surface area contributed by atoms with Gasteiger partial charge in [0.2, 0.25) is 0 Å². The molecule has 2 N–H and O–H groups in total. The average Bonchev–Trinajstić information content (AvgIpc) is 3.18. The van der Waals surface area contributed by atoms with E-state index in [9.17, 15) is 4.79 Å². The second-order valence-electron chi connectivity index (χ2n) is 7.75. The Morgan fingerprint density at radius 3 is 2.68 bits per heavy atom. The number of benzene rings is 2. The van der Waals surface area contributed by atoms with Gasteiger partial charge in [-0.1, -0.05) is 48.5 Å². The molecule has 1 aliphatic carbocycles. The Kier molecular flexibility index (Phi) is 5.77. The van der Waals surface area contributed by atoms with E-state index in [-0.39, 0.29) is 5.91 Å². The Labute approximate surface area is 166 Å². The van der Waals surface area contributed by atoms with Gasteiger partial charge in [-0.15, -0.1) is 0 Å². The Hall–Kier alpha value is -2.59. The fraction of sp³-hybridized carbons (Fsp3) is 0.375. The van der Waals surface area contributed by atoms with E-state index < -0.39 is 0 Å². The zero-order valence-corrected chi connectivity index (χ0v) is 16.5. The van der Waals surface area contributed by atoms with Crippen LogP contribution in [0.15, 0.2) is 60.7 Å². The van der Waals surface area contributed by atoms with Gasteiger partial charge < -0.3 is 15.2 Å². The monoisotopic (exact) mass is 375 g/mol. The van der Waals surface area contributed by atoms with Crippen LogP contribution in [0.2, 0.25) is 0 Å². The number of H-pyrrole nitrogens is 1. The molecule has 1 heterocycles. The first-order valence-electron chi connectivity index (χ1n) is 10.4. The molecule has 1 aliphatic rings. The summed E-state index contributed by atoms with van der Waals surface area (Å²) in [5.74, 6) is 0.118. The lowest BCUT2D eigenvalue weighted by atomic mass is 9.89. The second kappa shape index (κ2) is 8.61. The van der Waals surface area contributed by atoms with Crippen molar-refractivity contribution in [1.82, 2.24) is 15.2 Å². The van der Waals surface area contributed by atoms with Gasteiger partial charge in [-0.25, -0.2) is 0 Å². The van der Waals surface area contributed by atoms with Gasteiger partial charge in [-0.2, -0.15) is 0 Å². The largest absolute Gasteiger partial charge is 0.351 e. The molecular weight excluding hydrogens is 346 g/mol. The Morgan fingerprint density at radius 1 is 1.11 bits per heavy atom. The van der Waals surface area contributed by atoms with Crippen LogP contribution in [0.3, 0.4) is 0 Å². The lowest BCUT2D eigenvalue weighted by molar-refractivity contribution is 0.0623. The van der Waals surface area contributed by atoms with Crippen molar-refractivity contribution in [1.29, 1.82) is 0 Å². The van der Waals surface area contributed by atoms with E-state index in [4.69, 9.17) is 0 Å². The number of hydrogen-bond acceptors (Lipinski definition) is 2. The molecule has 0 saturated heterocycles. The van der Waals surface area contributed by atoms with E-state index in [1.807, 2.05) is 30.3 Å². The highest BCUT2D eigenvalue weighted by atomic mass is 16.2. The summed E-state index contributed by atoms with van der Waals surface area (Å²) in [6.07, 6.45) is 4.45. The molecule has 1 aromatic heterocycles. The third kappa shape index (κ3) is 4.12. The molecule has 2 aromatic carbocycles. The number of nitrogens with one attached hydrogen (secondary N) is 2. The van der Waals surface area contributed by atoms with Crippen molar-refractivity contribution in [2.45, 2.75) is 51.2 Å². The number of rotatable bonds is 6. The first-order chi connectivity index (χ1) is 13.7. The summed E-state index contributed by atoms with van der Waals surface area (Å²) in [6, 6.07) is 21.3. The number of fused-ring (bicyclic) bond motifs is 1. The molecule has 4 rings (SSSR count). The molecule has 0 radical (unpaired) electrons. The molecule has 4 heteroatoms. The van der Waals surface area contributed by atoms with E-state index >= 15 is 0 Å². The van der Waals surface area contributed by atoms with Crippen LogP contribution in [0.25, 0.3) is 10.9 Å². The quantitative estimate of drug-likeness (QED) is 0.654. The van der Waals surface area contributed by atoms with Crippen LogP contribution in [-0.4, -0.2) is 34.4 Å². The molecule has 3 aromatic rings. The van der Waals surface area contributed by atoms with Gasteiger partial charge >= 0.3 is 0 Å². The highest BCUT2D eigenvalue weighted by Gasteiger charge is 2.29. The molecule has 0 unspecified atom stereocenters. The molecule has 1 fully saturated rings. The van der Waals surface area contributed by atoms with E-state index in [0.717, 1.165) is 43.3 Å². The second-order valence-corrected chi connectivity index (χ2v) is 7.75. The van der Waals surface area contributed by atoms with Crippen molar-refractivity contribution < 1.29 is 4.79 Å². The number of amides is 1. The first-order valence-corrected chi connectivity index (χ1v) is 10.4. The van der Waals surface area contributed by atoms with Crippen molar-refractivity contribution in [3.63, 3.8) is 0 Å². The molecule has 1 saturated carbocycles. The summed E-state index contributed by atoms with van der Waals surface area (Å²) in [5, 5.41) is 4.79. The lowest BCUT2D eigenvalue weighted by Crippen LogP contribution is -2.46. The van der Waals surface area contributed by atoms with Crippen molar-refractivity contribution in [2.24, 2.45) is 0 Å². The molecular formula is C24H29N3O. The number of hydrogen-bond donors (Lipinski definition) is 2. The van der Waals surface area contributed by atoms with E-state index in [0.29, 0.717) is 17.8 Å². The predicted octanol–water partition coefficient (Wildman–Crippen LogP) is 4.73. The maximum atomic E-state index is 13.2. The zero-order chi connectivity index (χ0) is 19.3. The number of aromatic nitrogens is 1. The molecule has 146 valence electrons. The van der Waals surface area contributed by atoms with Crippen molar-refractivity contribution in [3.05, 3.63) is 71.9 Å². The molecule has 1 amide bonds. The third-order valence-corrected chi connectivity index (χ3v) is 5.89. The van der Waals surface area contributed by atoms with Gasteiger partial charge in [0.25, 0.3) is 5.91 Å². The van der Waals surface area contributed by atoms with Crippen LogP contribution < -0.4 is 5.32 Å². The van der Waals surface area contributed by atoms with Crippen molar-refractivity contribution in [2.75, 3.05) is 6.54 Å². The summed E-state index contributed by atoms with van der Waals surface area (Å²) in [4.78, 5) is 18.6. The Bertz CT molecular complexity index is 885. The van der Waals surface area contributed by atoms with Crippen molar-refractivity contribution in [3.8, 4) is 0 Å². The van der Waals surface area contributed by atoms with Crippen LogP contribution in [0.1, 0.15) is 48.7 Å². The number of para-hydroxylation sites is 1. The number of carbonyl (C=O) groups excluding carboxylic acids is 1. The molecule has 0 bridgehead atoms. The van der Waals surface area contributed by atoms with Gasteiger partial charge in [0.1, 0.15) is 5.69 Å². The first kappa shape index (κ1) is 18.8. The van der Waals surface area contributed by atoms with Crippen LogP contribution in [0.5, 0.6) is 0 Å². The van der Waals surface area contributed by atoms with Gasteiger partial charge in [0, 0.05) is 36.1 Å². The number of carbonyl (C=O) groups is 1. The third-order valence-electron chi connectivity index (χ3n) is 5.89. The summed E-state index contributed by atoms with van der Waals surface area (Å²) < 4.78 is 0. The number of aromatic amines is 1. The minimum Gasteiger partial charge on any atom is -0.351 e. The van der Waals surface area contributed by atoms with Gasteiger partial charge in [-0.05, 0) is 50.3 Å². The van der Waals surface area contributed by atoms with Crippen LogP contribution in [-0.2, 0) is 6.54 Å². The minimum atomic E-state index is 0.118. The van der Waals surface area contributed by atoms with Crippen LogP contribution in [0, 0.1) is 0 Å². The highest BCUT2D eigenvalue weighted by Crippen LogP contribution is 2.25.